The highest BCUT2D eigenvalue weighted by Crippen LogP contribution is 2.22. The minimum Gasteiger partial charge on any atom is -0.367 e. The number of hydrogen-bond donors (Lipinski definition) is 2. The van der Waals surface area contributed by atoms with Crippen molar-refractivity contribution >= 4 is 22.7 Å². The van der Waals surface area contributed by atoms with Crippen LogP contribution >= 0.6 is 0 Å². The van der Waals surface area contributed by atoms with E-state index in [4.69, 9.17) is 0 Å². The van der Waals surface area contributed by atoms with Gasteiger partial charge in [0.1, 0.15) is 5.82 Å². The Labute approximate surface area is 114 Å². The quantitative estimate of drug-likeness (QED) is 0.830. The smallest absolute Gasteiger partial charge is 0.224 e. The average molecular weight is 258 g/mol. The minimum atomic E-state index is 0.419. The second-order valence-corrected chi connectivity index (χ2v) is 4.85. The second-order valence-electron chi connectivity index (χ2n) is 4.85. The molecule has 0 amide bonds. The van der Waals surface area contributed by atoms with E-state index in [9.17, 15) is 0 Å². The zero-order valence-electron chi connectivity index (χ0n) is 11.9. The largest absolute Gasteiger partial charge is 0.367 e. The summed E-state index contributed by atoms with van der Waals surface area (Å²) in [4.78, 5) is 9.00. The Balaban J connectivity index is 2.29. The van der Waals surface area contributed by atoms with Crippen LogP contribution in [0.4, 0.5) is 11.8 Å². The monoisotopic (exact) mass is 258 g/mol. The van der Waals surface area contributed by atoms with Crippen molar-refractivity contribution in [1.29, 1.82) is 0 Å². The van der Waals surface area contributed by atoms with Crippen LogP contribution < -0.4 is 10.6 Å². The van der Waals surface area contributed by atoms with Gasteiger partial charge in [-0.15, -0.1) is 0 Å². The maximum absolute atomic E-state index is 4.53. The van der Waals surface area contributed by atoms with Gasteiger partial charge in [-0.05, 0) is 25.5 Å². The molecule has 4 nitrogen and oxygen atoms in total. The molecule has 0 saturated carbocycles. The van der Waals surface area contributed by atoms with Crippen molar-refractivity contribution in [3.63, 3.8) is 0 Å². The van der Waals surface area contributed by atoms with Gasteiger partial charge in [0.25, 0.3) is 0 Å². The van der Waals surface area contributed by atoms with E-state index >= 15 is 0 Å². The lowest BCUT2D eigenvalue weighted by Gasteiger charge is -2.16. The van der Waals surface area contributed by atoms with Crippen LogP contribution in [-0.2, 0) is 0 Å². The minimum absolute atomic E-state index is 0.419. The highest BCUT2D eigenvalue weighted by atomic mass is 15.1. The summed E-state index contributed by atoms with van der Waals surface area (Å²) in [5, 5.41) is 7.59. The third kappa shape index (κ3) is 3.34. The number of nitrogens with one attached hydrogen (secondary N) is 2. The predicted molar refractivity (Wildman–Crippen MR) is 81.7 cm³/mol. The van der Waals surface area contributed by atoms with Gasteiger partial charge in [-0.2, -0.15) is 4.98 Å². The van der Waals surface area contributed by atoms with Crippen LogP contribution in [0.5, 0.6) is 0 Å². The molecule has 0 spiro atoms. The van der Waals surface area contributed by atoms with Gasteiger partial charge in [0.2, 0.25) is 5.95 Å². The Hall–Kier alpha value is -1.84. The molecule has 2 N–H and O–H groups in total. The van der Waals surface area contributed by atoms with E-state index in [1.165, 1.54) is 12.8 Å². The van der Waals surface area contributed by atoms with Crippen LogP contribution in [0.1, 0.15) is 33.1 Å². The normalized spacial score (nSPS) is 12.4. The van der Waals surface area contributed by atoms with Crippen molar-refractivity contribution in [2.24, 2.45) is 0 Å². The first-order chi connectivity index (χ1) is 9.24. The lowest BCUT2D eigenvalue weighted by molar-refractivity contribution is 0.644. The van der Waals surface area contributed by atoms with Crippen molar-refractivity contribution in [2.75, 3.05) is 17.7 Å². The summed E-state index contributed by atoms with van der Waals surface area (Å²) >= 11 is 0. The van der Waals surface area contributed by atoms with Gasteiger partial charge < -0.3 is 10.6 Å². The van der Waals surface area contributed by atoms with Crippen LogP contribution in [0.25, 0.3) is 10.9 Å². The molecule has 1 atom stereocenters. The Morgan fingerprint density at radius 3 is 2.74 bits per heavy atom. The van der Waals surface area contributed by atoms with Crippen LogP contribution in [0.2, 0.25) is 0 Å². The van der Waals surface area contributed by atoms with Crippen molar-refractivity contribution in [3.05, 3.63) is 24.3 Å². The second kappa shape index (κ2) is 6.36. The number of aromatic nitrogens is 2. The number of hydrogen-bond acceptors (Lipinski definition) is 4. The van der Waals surface area contributed by atoms with Crippen LogP contribution in [0.3, 0.4) is 0 Å². The van der Waals surface area contributed by atoms with E-state index in [0.717, 1.165) is 23.1 Å². The number of para-hydroxylation sites is 1. The molecule has 0 bridgehead atoms. The number of unbranched alkanes of at least 4 members (excludes halogenated alkanes) is 1. The lowest BCUT2D eigenvalue weighted by Crippen LogP contribution is -2.16. The first-order valence-electron chi connectivity index (χ1n) is 6.95. The maximum atomic E-state index is 4.53. The van der Waals surface area contributed by atoms with Gasteiger partial charge in [0, 0.05) is 18.5 Å². The highest BCUT2D eigenvalue weighted by Gasteiger charge is 2.09. The van der Waals surface area contributed by atoms with Gasteiger partial charge >= 0.3 is 0 Å². The molecule has 19 heavy (non-hydrogen) atoms. The maximum Gasteiger partial charge on any atom is 0.224 e. The summed E-state index contributed by atoms with van der Waals surface area (Å²) in [6.45, 7) is 4.41. The van der Waals surface area contributed by atoms with Crippen molar-refractivity contribution in [3.8, 4) is 0 Å². The van der Waals surface area contributed by atoms with E-state index in [0.29, 0.717) is 12.0 Å². The van der Waals surface area contributed by atoms with Crippen molar-refractivity contribution < 1.29 is 0 Å². The van der Waals surface area contributed by atoms with Crippen molar-refractivity contribution in [2.45, 2.75) is 39.2 Å². The third-order valence-corrected chi connectivity index (χ3v) is 3.20. The summed E-state index contributed by atoms with van der Waals surface area (Å²) in [5.41, 5.74) is 0.965. The van der Waals surface area contributed by atoms with E-state index < -0.39 is 0 Å². The number of anilines is 2. The zero-order chi connectivity index (χ0) is 13.7. The summed E-state index contributed by atoms with van der Waals surface area (Å²) in [6, 6.07) is 8.51. The van der Waals surface area contributed by atoms with Gasteiger partial charge in [0.05, 0.1) is 5.52 Å². The molecular weight excluding hydrogens is 236 g/mol. The molecule has 0 aliphatic carbocycles. The zero-order valence-corrected chi connectivity index (χ0v) is 11.9. The molecule has 2 rings (SSSR count). The number of rotatable bonds is 6. The molecular formula is C15H22N4. The van der Waals surface area contributed by atoms with Crippen LogP contribution in [0.15, 0.2) is 24.3 Å². The molecule has 2 aromatic rings. The molecule has 1 heterocycles. The average Bonchev–Trinajstić information content (AvgIpc) is 2.44. The summed E-state index contributed by atoms with van der Waals surface area (Å²) in [7, 11) is 1.84. The lowest BCUT2D eigenvalue weighted by atomic mass is 10.1. The molecule has 102 valence electrons. The van der Waals surface area contributed by atoms with Crippen LogP contribution in [0, 0.1) is 0 Å². The fraction of sp³-hybridized carbons (Fsp3) is 0.467. The molecule has 0 saturated heterocycles. The van der Waals surface area contributed by atoms with E-state index in [1.54, 1.807) is 0 Å². The number of fused-ring (bicyclic) bond motifs is 1. The molecule has 0 fully saturated rings. The van der Waals surface area contributed by atoms with Gasteiger partial charge in [0.15, 0.2) is 0 Å². The molecule has 1 aromatic heterocycles. The Bertz CT molecular complexity index is 539. The van der Waals surface area contributed by atoms with Gasteiger partial charge in [-0.25, -0.2) is 4.98 Å². The number of benzene rings is 1. The molecule has 4 heteroatoms. The van der Waals surface area contributed by atoms with E-state index in [1.807, 2.05) is 25.2 Å². The summed E-state index contributed by atoms with van der Waals surface area (Å²) in [5.74, 6) is 1.57. The first-order valence-corrected chi connectivity index (χ1v) is 6.95. The van der Waals surface area contributed by atoms with Crippen LogP contribution in [-0.4, -0.2) is 23.1 Å². The summed E-state index contributed by atoms with van der Waals surface area (Å²) in [6.07, 6.45) is 3.61. The van der Waals surface area contributed by atoms with E-state index in [2.05, 4.69) is 40.5 Å². The summed E-state index contributed by atoms with van der Waals surface area (Å²) < 4.78 is 0. The molecule has 1 aromatic carbocycles. The SMILES string of the molecule is CCCCC(C)Nc1nc(NC)nc2ccccc12. The fourth-order valence-electron chi connectivity index (χ4n) is 2.11. The van der Waals surface area contributed by atoms with Gasteiger partial charge in [-0.1, -0.05) is 31.9 Å². The Morgan fingerprint density at radius 1 is 1.21 bits per heavy atom. The molecule has 0 aliphatic rings. The first kappa shape index (κ1) is 13.6. The highest BCUT2D eigenvalue weighted by molar-refractivity contribution is 5.90. The fourth-order valence-corrected chi connectivity index (χ4v) is 2.11. The van der Waals surface area contributed by atoms with Crippen molar-refractivity contribution in [1.82, 2.24) is 9.97 Å². The predicted octanol–water partition coefficient (Wildman–Crippen LogP) is 3.66. The molecule has 1 unspecified atom stereocenters. The Morgan fingerprint density at radius 2 is 2.00 bits per heavy atom. The number of nitrogens with zero attached hydrogens (tertiary/aromatic N) is 2. The molecule has 0 aliphatic heterocycles. The van der Waals surface area contributed by atoms with E-state index in [-0.39, 0.29) is 0 Å². The third-order valence-electron chi connectivity index (χ3n) is 3.20. The Kier molecular flexibility index (Phi) is 4.55. The van der Waals surface area contributed by atoms with Gasteiger partial charge in [-0.3, -0.25) is 0 Å². The molecule has 0 radical (unpaired) electrons. The topological polar surface area (TPSA) is 49.8 Å². The standard InChI is InChI=1S/C15H22N4/c1-4-5-8-11(2)17-14-12-9-6-7-10-13(12)18-15(16-3)19-14/h6-7,9-11H,4-5,8H2,1-3H3,(H2,16,17,18,19).